The van der Waals surface area contributed by atoms with Gasteiger partial charge in [-0.2, -0.15) is 0 Å². The van der Waals surface area contributed by atoms with Crippen LogP contribution in [0.25, 0.3) is 0 Å². The van der Waals surface area contributed by atoms with E-state index in [4.69, 9.17) is 4.74 Å². The van der Waals surface area contributed by atoms with Crippen LogP contribution in [0.3, 0.4) is 0 Å². The summed E-state index contributed by atoms with van der Waals surface area (Å²) < 4.78 is 32.0. The van der Waals surface area contributed by atoms with Gasteiger partial charge in [-0.15, -0.1) is 0 Å². The molecule has 0 aliphatic carbocycles. The van der Waals surface area contributed by atoms with Gasteiger partial charge in [0.2, 0.25) is 0 Å². The minimum atomic E-state index is -0.912. The molecule has 1 aromatic carbocycles. The number of ether oxygens (including phenoxy) is 1. The Morgan fingerprint density at radius 3 is 2.45 bits per heavy atom. The van der Waals surface area contributed by atoms with Gasteiger partial charge in [0.25, 0.3) is 11.8 Å². The molecule has 0 spiro atoms. The Kier molecular flexibility index (Phi) is 7.87. The van der Waals surface area contributed by atoms with Crippen LogP contribution in [0.15, 0.2) is 30.4 Å². The smallest absolute Gasteiger partial charge is 0.309 e. The zero-order chi connectivity index (χ0) is 21.6. The normalized spacial score (nSPS) is 14.4. The highest BCUT2D eigenvalue weighted by Crippen LogP contribution is 2.21. The van der Waals surface area contributed by atoms with Crippen LogP contribution in [-0.4, -0.2) is 60.4 Å². The Morgan fingerprint density at radius 1 is 1.24 bits per heavy atom. The lowest BCUT2D eigenvalue weighted by atomic mass is 9.96. The van der Waals surface area contributed by atoms with E-state index in [0.29, 0.717) is 32.0 Å². The molecular weight excluding hydrogens is 382 g/mol. The largest absolute Gasteiger partial charge is 0.455 e. The number of carbonyl (C=O) groups is 3. The van der Waals surface area contributed by atoms with Crippen molar-refractivity contribution in [3.63, 3.8) is 0 Å². The summed E-state index contributed by atoms with van der Waals surface area (Å²) in [4.78, 5) is 39.8. The molecule has 0 bridgehead atoms. The highest BCUT2D eigenvalue weighted by molar-refractivity contribution is 5.94. The minimum absolute atomic E-state index is 0.199. The number of hydrogen-bond donors (Lipinski definition) is 0. The van der Waals surface area contributed by atoms with Crippen LogP contribution < -0.4 is 0 Å². The summed E-state index contributed by atoms with van der Waals surface area (Å²) in [6.45, 7) is 8.48. The summed E-state index contributed by atoms with van der Waals surface area (Å²) in [5.74, 6) is -3.40. The van der Waals surface area contributed by atoms with Crippen LogP contribution in [0.1, 0.15) is 37.0 Å². The van der Waals surface area contributed by atoms with Gasteiger partial charge in [-0.25, -0.2) is 8.78 Å². The molecule has 1 aromatic rings. The molecule has 8 heteroatoms. The number of rotatable bonds is 7. The lowest BCUT2D eigenvalue weighted by molar-refractivity contribution is -0.156. The zero-order valence-corrected chi connectivity index (χ0v) is 16.7. The van der Waals surface area contributed by atoms with Crippen molar-refractivity contribution >= 4 is 17.8 Å². The molecule has 6 nitrogen and oxygen atoms in total. The molecule has 2 rings (SSSR count). The first-order valence-corrected chi connectivity index (χ1v) is 9.56. The van der Waals surface area contributed by atoms with Crippen molar-refractivity contribution in [1.29, 1.82) is 0 Å². The predicted octanol–water partition coefficient (Wildman–Crippen LogP) is 2.78. The molecule has 1 aliphatic rings. The molecule has 158 valence electrons. The molecule has 1 fully saturated rings. The van der Waals surface area contributed by atoms with Crippen LogP contribution >= 0.6 is 0 Å². The van der Waals surface area contributed by atoms with Gasteiger partial charge >= 0.3 is 5.97 Å². The molecule has 0 unspecified atom stereocenters. The number of esters is 1. The first-order valence-electron chi connectivity index (χ1n) is 9.56. The molecule has 0 atom stereocenters. The van der Waals surface area contributed by atoms with E-state index in [0.717, 1.165) is 17.7 Å². The number of piperidine rings is 1. The van der Waals surface area contributed by atoms with Crippen molar-refractivity contribution in [3.8, 4) is 0 Å². The Labute approximate surface area is 169 Å². The Morgan fingerprint density at radius 2 is 1.90 bits per heavy atom. The fourth-order valence-electron chi connectivity index (χ4n) is 3.20. The first kappa shape index (κ1) is 22.5. The SMILES string of the molecule is C=C(C)CN(CC)C(=O)COC(=O)C1CCN(C(=O)c2ccc(F)cc2F)CC1. The van der Waals surface area contributed by atoms with Gasteiger partial charge in [0, 0.05) is 32.2 Å². The highest BCUT2D eigenvalue weighted by atomic mass is 19.1. The highest BCUT2D eigenvalue weighted by Gasteiger charge is 2.30. The van der Waals surface area contributed by atoms with Gasteiger partial charge in [-0.1, -0.05) is 12.2 Å². The van der Waals surface area contributed by atoms with E-state index in [-0.39, 0.29) is 31.2 Å². The molecule has 1 heterocycles. The standard InChI is InChI=1S/C21H26F2N2O4/c1-4-24(12-14(2)3)19(26)13-29-21(28)15-7-9-25(10-8-15)20(27)17-6-5-16(22)11-18(17)23/h5-6,11,15H,2,4,7-10,12-13H2,1,3H3. The van der Waals surface area contributed by atoms with Crippen LogP contribution in [0.2, 0.25) is 0 Å². The summed E-state index contributed by atoms with van der Waals surface area (Å²) in [7, 11) is 0. The van der Waals surface area contributed by atoms with E-state index in [2.05, 4.69) is 6.58 Å². The zero-order valence-electron chi connectivity index (χ0n) is 16.7. The van der Waals surface area contributed by atoms with Gasteiger partial charge in [0.05, 0.1) is 11.5 Å². The molecule has 29 heavy (non-hydrogen) atoms. The quantitative estimate of drug-likeness (QED) is 0.514. The van der Waals surface area contributed by atoms with Gasteiger partial charge < -0.3 is 14.5 Å². The number of carbonyl (C=O) groups excluding carboxylic acids is 3. The second-order valence-corrected chi connectivity index (χ2v) is 7.16. The third-order valence-corrected chi connectivity index (χ3v) is 4.81. The molecule has 0 radical (unpaired) electrons. The third-order valence-electron chi connectivity index (χ3n) is 4.81. The molecule has 0 saturated carbocycles. The maximum Gasteiger partial charge on any atom is 0.309 e. The molecule has 2 amide bonds. The number of nitrogens with zero attached hydrogens (tertiary/aromatic N) is 2. The Balaban J connectivity index is 1.84. The summed E-state index contributed by atoms with van der Waals surface area (Å²) in [5.41, 5.74) is 0.636. The topological polar surface area (TPSA) is 66.9 Å². The average Bonchev–Trinajstić information content (AvgIpc) is 2.69. The minimum Gasteiger partial charge on any atom is -0.455 e. The van der Waals surface area contributed by atoms with Crippen molar-refractivity contribution in [3.05, 3.63) is 47.5 Å². The monoisotopic (exact) mass is 408 g/mol. The molecule has 0 aromatic heterocycles. The van der Waals surface area contributed by atoms with Gasteiger partial charge in [-0.3, -0.25) is 14.4 Å². The summed E-state index contributed by atoms with van der Waals surface area (Å²) in [6.07, 6.45) is 0.704. The van der Waals surface area contributed by atoms with Crippen molar-refractivity contribution in [2.75, 3.05) is 32.8 Å². The molecule has 1 saturated heterocycles. The number of halogens is 2. The Hall–Kier alpha value is -2.77. The number of likely N-dealkylation sites (N-methyl/N-ethyl adjacent to an activating group) is 1. The van der Waals surface area contributed by atoms with E-state index in [1.54, 1.807) is 4.90 Å². The van der Waals surface area contributed by atoms with E-state index in [1.807, 2.05) is 13.8 Å². The lowest BCUT2D eigenvalue weighted by Crippen LogP contribution is -2.41. The van der Waals surface area contributed by atoms with E-state index < -0.39 is 29.4 Å². The first-order chi connectivity index (χ1) is 13.7. The van der Waals surface area contributed by atoms with Crippen LogP contribution in [0.5, 0.6) is 0 Å². The second-order valence-electron chi connectivity index (χ2n) is 7.16. The molecule has 0 N–H and O–H groups in total. The summed E-state index contributed by atoms with van der Waals surface area (Å²) in [6, 6.07) is 2.82. The predicted molar refractivity (Wildman–Crippen MR) is 103 cm³/mol. The average molecular weight is 408 g/mol. The number of likely N-dealkylation sites (tertiary alicyclic amines) is 1. The van der Waals surface area contributed by atoms with Crippen molar-refractivity contribution in [2.24, 2.45) is 5.92 Å². The lowest BCUT2D eigenvalue weighted by Gasteiger charge is -2.31. The Bertz CT molecular complexity index is 789. The van der Waals surface area contributed by atoms with Crippen LogP contribution in [0, 0.1) is 17.6 Å². The molecule has 1 aliphatic heterocycles. The van der Waals surface area contributed by atoms with Crippen molar-refractivity contribution in [1.82, 2.24) is 9.80 Å². The van der Waals surface area contributed by atoms with Crippen LogP contribution in [-0.2, 0) is 14.3 Å². The van der Waals surface area contributed by atoms with Gasteiger partial charge in [-0.05, 0) is 38.8 Å². The van der Waals surface area contributed by atoms with Crippen molar-refractivity contribution in [2.45, 2.75) is 26.7 Å². The number of hydrogen-bond acceptors (Lipinski definition) is 4. The van der Waals surface area contributed by atoms with E-state index >= 15 is 0 Å². The van der Waals surface area contributed by atoms with Crippen LogP contribution in [0.4, 0.5) is 8.78 Å². The third kappa shape index (κ3) is 6.10. The van der Waals surface area contributed by atoms with Crippen molar-refractivity contribution < 1.29 is 27.9 Å². The second kappa shape index (κ2) is 10.1. The molecular formula is C21H26F2N2O4. The van der Waals surface area contributed by atoms with E-state index in [9.17, 15) is 23.2 Å². The maximum absolute atomic E-state index is 13.8. The van der Waals surface area contributed by atoms with E-state index in [1.165, 1.54) is 4.90 Å². The summed E-state index contributed by atoms with van der Waals surface area (Å²) >= 11 is 0. The van der Waals surface area contributed by atoms with Gasteiger partial charge in [0.1, 0.15) is 11.6 Å². The fourth-order valence-corrected chi connectivity index (χ4v) is 3.20. The summed E-state index contributed by atoms with van der Waals surface area (Å²) in [5, 5.41) is 0. The maximum atomic E-state index is 13.8. The number of amides is 2. The fraction of sp³-hybridized carbons (Fsp3) is 0.476. The van der Waals surface area contributed by atoms with Gasteiger partial charge in [0.15, 0.2) is 6.61 Å². The number of benzene rings is 1.